The van der Waals surface area contributed by atoms with E-state index in [1.54, 1.807) is 115 Å². The smallest absolute Gasteiger partial charge is 0.272 e. The minimum Gasteiger partial charge on any atom is -0.493 e. The molecule has 0 saturated heterocycles. The van der Waals surface area contributed by atoms with Crippen LogP contribution in [0.4, 0.5) is 11.4 Å². The fourth-order valence-electron chi connectivity index (χ4n) is 6.28. The Morgan fingerprint density at radius 2 is 1.29 bits per heavy atom. The molecule has 0 heterocycles. The quantitative estimate of drug-likeness (QED) is 0.0840. The first kappa shape index (κ1) is 37.3. The lowest BCUT2D eigenvalue weighted by atomic mass is 9.83. The van der Waals surface area contributed by atoms with Gasteiger partial charge in [0.25, 0.3) is 11.8 Å². The van der Waals surface area contributed by atoms with E-state index < -0.39 is 17.1 Å². The third-order valence-corrected chi connectivity index (χ3v) is 10.2. The van der Waals surface area contributed by atoms with E-state index in [1.165, 1.54) is 11.8 Å². The zero-order valence-corrected chi connectivity index (χ0v) is 31.0. The number of ketones is 2. The number of hydrogen-bond acceptors (Lipinski definition) is 7. The Hall–Kier alpha value is -7.04. The summed E-state index contributed by atoms with van der Waals surface area (Å²) in [5.74, 6) is -1.43. The molecule has 1 aliphatic rings. The molecule has 56 heavy (non-hydrogen) atoms. The monoisotopic (exact) mass is 757 g/mol. The number of anilines is 2. The van der Waals surface area contributed by atoms with Crippen molar-refractivity contribution in [2.45, 2.75) is 17.1 Å². The Balaban J connectivity index is 1.11. The van der Waals surface area contributed by atoms with Crippen LogP contribution in [0.2, 0.25) is 0 Å². The molecule has 9 nitrogen and oxygen atoms in total. The molecular formula is C46H35N3O6S. The molecule has 0 radical (unpaired) electrons. The molecule has 0 fully saturated rings. The van der Waals surface area contributed by atoms with E-state index in [4.69, 9.17) is 4.74 Å². The van der Waals surface area contributed by atoms with Gasteiger partial charge in [-0.1, -0.05) is 103 Å². The number of thioether (sulfide) groups is 1. The number of carbonyl (C=O) groups excluding carboxylic acids is 5. The van der Waals surface area contributed by atoms with Gasteiger partial charge in [-0.05, 0) is 67.1 Å². The van der Waals surface area contributed by atoms with Gasteiger partial charge in [-0.3, -0.25) is 24.0 Å². The maximum atomic E-state index is 14.1. The van der Waals surface area contributed by atoms with Gasteiger partial charge in [0.05, 0.1) is 17.9 Å². The summed E-state index contributed by atoms with van der Waals surface area (Å²) < 4.78 is 5.75. The standard InChI is InChI=1S/C46H35N3O6S/c1-2-55-39-23-12-9-18-31(39)28-38(49-44(52)30-16-7-4-8-17-30)45(53)47-32-24-26-33(27-25-32)56-43(29-14-5-3-6-15-29)46(54)48-37-22-13-21-36-40(37)42(51)35-20-11-10-19-34(35)41(36)50/h3-28,43H,2H2,1H3,(H,47,53)(H,48,54)(H,49,52)/b38-28-. The zero-order chi connectivity index (χ0) is 39.0. The first-order valence-electron chi connectivity index (χ1n) is 17.9. The minimum atomic E-state index is -0.748. The maximum Gasteiger partial charge on any atom is 0.272 e. The average molecular weight is 758 g/mol. The SMILES string of the molecule is CCOc1ccccc1/C=C(\NC(=O)c1ccccc1)C(=O)Nc1ccc(SC(C(=O)Nc2cccc3c2C(=O)c2ccccc2C3=O)c2ccccc2)cc1. The van der Waals surface area contributed by atoms with Crippen LogP contribution < -0.4 is 20.7 Å². The Bertz CT molecular complexity index is 2480. The number of benzene rings is 6. The van der Waals surface area contributed by atoms with Crippen molar-refractivity contribution in [1.82, 2.24) is 5.32 Å². The number of rotatable bonds is 12. The molecule has 0 saturated carbocycles. The number of carbonyl (C=O) groups is 5. The molecule has 0 aromatic heterocycles. The van der Waals surface area contributed by atoms with Crippen LogP contribution in [0.25, 0.3) is 6.08 Å². The molecule has 6 aromatic carbocycles. The van der Waals surface area contributed by atoms with Crippen molar-refractivity contribution < 1.29 is 28.7 Å². The van der Waals surface area contributed by atoms with E-state index in [9.17, 15) is 24.0 Å². The highest BCUT2D eigenvalue weighted by molar-refractivity contribution is 8.00. The molecule has 0 spiro atoms. The fourth-order valence-corrected chi connectivity index (χ4v) is 7.31. The van der Waals surface area contributed by atoms with Crippen LogP contribution in [-0.2, 0) is 9.59 Å². The van der Waals surface area contributed by atoms with Crippen LogP contribution >= 0.6 is 11.8 Å². The summed E-state index contributed by atoms with van der Waals surface area (Å²) in [4.78, 5) is 68.7. The van der Waals surface area contributed by atoms with Crippen molar-refractivity contribution >= 4 is 58.5 Å². The number of para-hydroxylation sites is 1. The van der Waals surface area contributed by atoms with Crippen LogP contribution in [0.15, 0.2) is 162 Å². The van der Waals surface area contributed by atoms with Gasteiger partial charge in [0.15, 0.2) is 11.6 Å². The molecule has 276 valence electrons. The van der Waals surface area contributed by atoms with Gasteiger partial charge in [0.2, 0.25) is 5.91 Å². The third kappa shape index (κ3) is 8.20. The average Bonchev–Trinajstić information content (AvgIpc) is 3.23. The molecule has 1 aliphatic carbocycles. The summed E-state index contributed by atoms with van der Waals surface area (Å²) in [6.07, 6.45) is 1.57. The zero-order valence-electron chi connectivity index (χ0n) is 30.2. The van der Waals surface area contributed by atoms with Crippen LogP contribution in [0.3, 0.4) is 0 Å². The van der Waals surface area contributed by atoms with Crippen molar-refractivity contribution in [3.8, 4) is 5.75 Å². The summed E-state index contributed by atoms with van der Waals surface area (Å²) in [5, 5.41) is 7.82. The Morgan fingerprint density at radius 1 is 0.661 bits per heavy atom. The predicted molar refractivity (Wildman–Crippen MR) is 218 cm³/mol. The van der Waals surface area contributed by atoms with Crippen molar-refractivity contribution in [3.63, 3.8) is 0 Å². The summed E-state index contributed by atoms with van der Waals surface area (Å²) >= 11 is 1.29. The lowest BCUT2D eigenvalue weighted by Crippen LogP contribution is -2.30. The van der Waals surface area contributed by atoms with E-state index in [2.05, 4.69) is 16.0 Å². The molecule has 7 rings (SSSR count). The van der Waals surface area contributed by atoms with Gasteiger partial charge in [0.1, 0.15) is 16.7 Å². The molecule has 0 bridgehead atoms. The first-order valence-corrected chi connectivity index (χ1v) is 18.7. The van der Waals surface area contributed by atoms with E-state index >= 15 is 0 Å². The molecule has 1 atom stereocenters. The second-order valence-electron chi connectivity index (χ2n) is 12.7. The Labute approximate surface area is 327 Å². The van der Waals surface area contributed by atoms with Gasteiger partial charge < -0.3 is 20.7 Å². The predicted octanol–water partition coefficient (Wildman–Crippen LogP) is 8.74. The summed E-state index contributed by atoms with van der Waals surface area (Å²) in [6.45, 7) is 2.28. The second kappa shape index (κ2) is 17.0. The summed E-state index contributed by atoms with van der Waals surface area (Å²) in [6, 6.07) is 43.6. The van der Waals surface area contributed by atoms with Gasteiger partial charge >= 0.3 is 0 Å². The first-order chi connectivity index (χ1) is 27.3. The largest absolute Gasteiger partial charge is 0.493 e. The van der Waals surface area contributed by atoms with Crippen molar-refractivity contribution in [2.24, 2.45) is 0 Å². The normalized spacial score (nSPS) is 12.5. The minimum absolute atomic E-state index is 0.0111. The highest BCUT2D eigenvalue weighted by Crippen LogP contribution is 2.38. The lowest BCUT2D eigenvalue weighted by molar-refractivity contribution is -0.116. The van der Waals surface area contributed by atoms with Crippen LogP contribution in [0.1, 0.15) is 65.5 Å². The second-order valence-corrected chi connectivity index (χ2v) is 13.8. The number of amides is 3. The van der Waals surface area contributed by atoms with Crippen molar-refractivity contribution in [3.05, 3.63) is 196 Å². The van der Waals surface area contributed by atoms with Gasteiger partial charge in [-0.25, -0.2) is 0 Å². The van der Waals surface area contributed by atoms with Crippen LogP contribution in [0.5, 0.6) is 5.75 Å². The van der Waals surface area contributed by atoms with Gasteiger partial charge in [-0.15, -0.1) is 11.8 Å². The lowest BCUT2D eigenvalue weighted by Gasteiger charge is -2.22. The third-order valence-electron chi connectivity index (χ3n) is 8.96. The van der Waals surface area contributed by atoms with Gasteiger partial charge in [-0.2, -0.15) is 0 Å². The maximum absolute atomic E-state index is 14.1. The van der Waals surface area contributed by atoms with E-state index in [-0.39, 0.29) is 40.0 Å². The van der Waals surface area contributed by atoms with E-state index in [0.29, 0.717) is 40.3 Å². The molecular weight excluding hydrogens is 723 g/mol. The highest BCUT2D eigenvalue weighted by atomic mass is 32.2. The number of hydrogen-bond donors (Lipinski definition) is 3. The summed E-state index contributed by atoms with van der Waals surface area (Å²) in [7, 11) is 0. The van der Waals surface area contributed by atoms with E-state index in [1.807, 2.05) is 49.4 Å². The van der Waals surface area contributed by atoms with Gasteiger partial charge in [0, 0.05) is 38.4 Å². The highest BCUT2D eigenvalue weighted by Gasteiger charge is 2.33. The topological polar surface area (TPSA) is 131 Å². The molecule has 0 aliphatic heterocycles. The van der Waals surface area contributed by atoms with Crippen molar-refractivity contribution in [1.29, 1.82) is 0 Å². The Kier molecular flexibility index (Phi) is 11.3. The molecule has 1 unspecified atom stereocenters. The number of ether oxygens (including phenoxy) is 1. The van der Waals surface area contributed by atoms with Crippen LogP contribution in [0, 0.1) is 0 Å². The number of nitrogens with one attached hydrogen (secondary N) is 3. The fraction of sp³-hybridized carbons (Fsp3) is 0.0652. The summed E-state index contributed by atoms with van der Waals surface area (Å²) in [5.41, 5.74) is 3.48. The van der Waals surface area contributed by atoms with Crippen molar-refractivity contribution in [2.75, 3.05) is 17.2 Å². The van der Waals surface area contributed by atoms with E-state index in [0.717, 1.165) is 10.5 Å². The Morgan fingerprint density at radius 3 is 2.00 bits per heavy atom. The molecule has 10 heteroatoms. The molecule has 3 amide bonds. The number of fused-ring (bicyclic) bond motifs is 2. The van der Waals surface area contributed by atoms with Crippen LogP contribution in [-0.4, -0.2) is 35.9 Å². The molecule has 6 aromatic rings. The molecule has 3 N–H and O–H groups in total.